The fourth-order valence-corrected chi connectivity index (χ4v) is 2.64. The first-order valence-corrected chi connectivity index (χ1v) is 6.50. The first kappa shape index (κ1) is 13.8. The molecule has 104 valence electrons. The lowest BCUT2D eigenvalue weighted by Gasteiger charge is -2.31. The van der Waals surface area contributed by atoms with Crippen LogP contribution in [0, 0.1) is 11.7 Å². The van der Waals surface area contributed by atoms with E-state index in [0.717, 1.165) is 0 Å². The molecule has 19 heavy (non-hydrogen) atoms. The molecule has 0 aliphatic carbocycles. The van der Waals surface area contributed by atoms with Crippen molar-refractivity contribution in [1.29, 1.82) is 0 Å². The molecule has 0 aromatic heterocycles. The maximum Gasteiger partial charge on any atom is 0.246 e. The Bertz CT molecular complexity index is 466. The molecule has 1 aliphatic heterocycles. The van der Waals surface area contributed by atoms with Crippen LogP contribution in [0.2, 0.25) is 0 Å². The highest BCUT2D eigenvalue weighted by atomic mass is 19.1. The maximum absolute atomic E-state index is 14.0. The van der Waals surface area contributed by atoms with Crippen molar-refractivity contribution < 1.29 is 9.18 Å². The van der Waals surface area contributed by atoms with E-state index in [4.69, 9.17) is 5.73 Å². The summed E-state index contributed by atoms with van der Waals surface area (Å²) in [5.74, 6) is -0.0919. The quantitative estimate of drug-likeness (QED) is 0.870. The smallest absolute Gasteiger partial charge is 0.246 e. The van der Waals surface area contributed by atoms with Crippen molar-refractivity contribution in [2.45, 2.75) is 13.0 Å². The Morgan fingerprint density at radius 2 is 2.05 bits per heavy atom. The Morgan fingerprint density at radius 1 is 1.37 bits per heavy atom. The highest BCUT2D eigenvalue weighted by molar-refractivity contribution is 5.86. The van der Waals surface area contributed by atoms with E-state index in [-0.39, 0.29) is 24.2 Å². The molecule has 2 rings (SSSR count). The Kier molecular flexibility index (Phi) is 4.04. The van der Waals surface area contributed by atoms with Gasteiger partial charge in [0.05, 0.1) is 5.69 Å². The molecule has 1 amide bonds. The molecule has 0 spiro atoms. The summed E-state index contributed by atoms with van der Waals surface area (Å²) in [6, 6.07) is 6.03. The van der Waals surface area contributed by atoms with Gasteiger partial charge < -0.3 is 15.5 Å². The largest absolute Gasteiger partial charge is 0.356 e. The highest BCUT2D eigenvalue weighted by Crippen LogP contribution is 2.25. The molecule has 0 bridgehead atoms. The van der Waals surface area contributed by atoms with Gasteiger partial charge in [0.25, 0.3) is 0 Å². The van der Waals surface area contributed by atoms with Crippen LogP contribution in [0.15, 0.2) is 24.3 Å². The Morgan fingerprint density at radius 3 is 2.68 bits per heavy atom. The predicted octanol–water partition coefficient (Wildman–Crippen LogP) is 1.07. The SMILES string of the molecule is CC1CN(C)C(=O)C(CN)N(c2ccccc2F)C1. The Balaban J connectivity index is 2.40. The number of halogens is 1. The third-order valence-electron chi connectivity index (χ3n) is 3.52. The van der Waals surface area contributed by atoms with Crippen LogP contribution in [-0.2, 0) is 4.79 Å². The number of amides is 1. The number of anilines is 1. The molecule has 1 aromatic rings. The van der Waals surface area contributed by atoms with Crippen LogP contribution in [0.5, 0.6) is 0 Å². The van der Waals surface area contributed by atoms with E-state index in [1.165, 1.54) is 6.07 Å². The molecule has 2 N–H and O–H groups in total. The average molecular weight is 265 g/mol. The molecule has 1 aromatic carbocycles. The molecule has 5 heteroatoms. The van der Waals surface area contributed by atoms with Gasteiger partial charge in [-0.15, -0.1) is 0 Å². The van der Waals surface area contributed by atoms with Crippen LogP contribution in [-0.4, -0.2) is 43.5 Å². The summed E-state index contributed by atoms with van der Waals surface area (Å²) in [6.07, 6.45) is 0. The van der Waals surface area contributed by atoms with Crippen molar-refractivity contribution in [3.63, 3.8) is 0 Å². The molecule has 2 atom stereocenters. The number of nitrogens with two attached hydrogens (primary N) is 1. The number of benzene rings is 1. The van der Waals surface area contributed by atoms with Gasteiger partial charge in [-0.25, -0.2) is 4.39 Å². The zero-order valence-corrected chi connectivity index (χ0v) is 11.3. The molecule has 2 unspecified atom stereocenters. The van der Waals surface area contributed by atoms with Crippen molar-refractivity contribution >= 4 is 11.6 Å². The van der Waals surface area contributed by atoms with Crippen molar-refractivity contribution in [3.8, 4) is 0 Å². The summed E-state index contributed by atoms with van der Waals surface area (Å²) in [6.45, 7) is 3.53. The number of likely N-dealkylation sites (N-methyl/N-ethyl adjacent to an activating group) is 1. The van der Waals surface area contributed by atoms with Crippen LogP contribution in [0.4, 0.5) is 10.1 Å². The van der Waals surface area contributed by atoms with Gasteiger partial charge in [-0.05, 0) is 18.1 Å². The lowest BCUT2D eigenvalue weighted by atomic mass is 10.1. The lowest BCUT2D eigenvalue weighted by molar-refractivity contribution is -0.130. The normalized spacial score (nSPS) is 24.5. The minimum absolute atomic E-state index is 0.0462. The van der Waals surface area contributed by atoms with Crippen molar-refractivity contribution in [1.82, 2.24) is 4.90 Å². The van der Waals surface area contributed by atoms with Gasteiger partial charge in [-0.1, -0.05) is 19.1 Å². The summed E-state index contributed by atoms with van der Waals surface area (Å²) in [5.41, 5.74) is 6.19. The molecule has 4 nitrogen and oxygen atoms in total. The van der Waals surface area contributed by atoms with Crippen LogP contribution >= 0.6 is 0 Å². The molecule has 1 saturated heterocycles. The first-order chi connectivity index (χ1) is 9.04. The summed E-state index contributed by atoms with van der Waals surface area (Å²) in [7, 11) is 1.77. The number of carbonyl (C=O) groups is 1. The van der Waals surface area contributed by atoms with Crippen LogP contribution < -0.4 is 10.6 Å². The zero-order valence-electron chi connectivity index (χ0n) is 11.3. The minimum Gasteiger partial charge on any atom is -0.356 e. The van der Waals surface area contributed by atoms with Crippen molar-refractivity contribution in [2.24, 2.45) is 11.7 Å². The van der Waals surface area contributed by atoms with Crippen molar-refractivity contribution in [2.75, 3.05) is 31.6 Å². The molecular weight excluding hydrogens is 245 g/mol. The maximum atomic E-state index is 14.0. The van der Waals surface area contributed by atoms with Crippen LogP contribution in [0.25, 0.3) is 0 Å². The molecule has 1 aliphatic rings. The summed E-state index contributed by atoms with van der Waals surface area (Å²) in [4.78, 5) is 15.8. The number of rotatable bonds is 2. The van der Waals surface area contributed by atoms with Gasteiger partial charge in [0.15, 0.2) is 0 Å². The fraction of sp³-hybridized carbons (Fsp3) is 0.500. The monoisotopic (exact) mass is 265 g/mol. The van der Waals surface area contributed by atoms with E-state index in [2.05, 4.69) is 6.92 Å². The van der Waals surface area contributed by atoms with Gasteiger partial charge in [0.2, 0.25) is 5.91 Å². The third kappa shape index (κ3) is 2.71. The van der Waals surface area contributed by atoms with E-state index in [9.17, 15) is 9.18 Å². The topological polar surface area (TPSA) is 49.6 Å². The lowest BCUT2D eigenvalue weighted by Crippen LogP contribution is -2.49. The van der Waals surface area contributed by atoms with E-state index in [0.29, 0.717) is 18.8 Å². The second kappa shape index (κ2) is 5.57. The van der Waals surface area contributed by atoms with E-state index < -0.39 is 6.04 Å². The third-order valence-corrected chi connectivity index (χ3v) is 3.52. The average Bonchev–Trinajstić information content (AvgIpc) is 2.48. The summed E-state index contributed by atoms with van der Waals surface area (Å²) < 4.78 is 14.0. The Hall–Kier alpha value is -1.62. The van der Waals surface area contributed by atoms with Gasteiger partial charge >= 0.3 is 0 Å². The summed E-state index contributed by atoms with van der Waals surface area (Å²) >= 11 is 0. The van der Waals surface area contributed by atoms with Gasteiger partial charge in [0.1, 0.15) is 11.9 Å². The number of hydrogen-bond donors (Lipinski definition) is 1. The van der Waals surface area contributed by atoms with Crippen LogP contribution in [0.3, 0.4) is 0 Å². The predicted molar refractivity (Wildman–Crippen MR) is 73.4 cm³/mol. The van der Waals surface area contributed by atoms with Crippen molar-refractivity contribution in [3.05, 3.63) is 30.1 Å². The number of para-hydroxylation sites is 1. The van der Waals surface area contributed by atoms with Crippen LogP contribution in [0.1, 0.15) is 6.92 Å². The standard InChI is InChI=1S/C14H20FN3O/c1-10-8-17(2)14(19)13(7-16)18(9-10)12-6-4-3-5-11(12)15/h3-6,10,13H,7-9,16H2,1-2H3. The molecule has 0 saturated carbocycles. The molecule has 1 heterocycles. The fourth-order valence-electron chi connectivity index (χ4n) is 2.64. The number of hydrogen-bond acceptors (Lipinski definition) is 3. The summed E-state index contributed by atoms with van der Waals surface area (Å²) in [5, 5.41) is 0. The molecule has 0 radical (unpaired) electrons. The minimum atomic E-state index is -0.494. The highest BCUT2D eigenvalue weighted by Gasteiger charge is 2.33. The Labute approximate surface area is 113 Å². The van der Waals surface area contributed by atoms with E-state index >= 15 is 0 Å². The first-order valence-electron chi connectivity index (χ1n) is 6.50. The second-order valence-electron chi connectivity index (χ2n) is 5.18. The van der Waals surface area contributed by atoms with Gasteiger partial charge in [-0.3, -0.25) is 4.79 Å². The van der Waals surface area contributed by atoms with E-state index in [1.54, 1.807) is 35.0 Å². The molecular formula is C14H20FN3O. The van der Waals surface area contributed by atoms with E-state index in [1.807, 2.05) is 0 Å². The second-order valence-corrected chi connectivity index (χ2v) is 5.18. The molecule has 1 fully saturated rings. The zero-order chi connectivity index (χ0) is 14.0. The number of carbonyl (C=O) groups excluding carboxylic acids is 1. The van der Waals surface area contributed by atoms with Gasteiger partial charge in [0, 0.05) is 26.7 Å². The van der Waals surface area contributed by atoms with Gasteiger partial charge in [-0.2, -0.15) is 0 Å². The number of nitrogens with zero attached hydrogens (tertiary/aromatic N) is 2.